The summed E-state index contributed by atoms with van der Waals surface area (Å²) in [6.07, 6.45) is 0. The topological polar surface area (TPSA) is 33.0 Å². The summed E-state index contributed by atoms with van der Waals surface area (Å²) < 4.78 is 31.5. The molecule has 0 aliphatic carbocycles. The Kier molecular flexibility index (Phi) is 3.45. The summed E-state index contributed by atoms with van der Waals surface area (Å²) >= 11 is 5.71. The minimum Gasteiger partial charge on any atom is -0.453 e. The monoisotopic (exact) mass is 265 g/mol. The molecule has 5 heteroatoms. The molecule has 0 aromatic heterocycles. The fourth-order valence-corrected chi connectivity index (χ4v) is 1.52. The van der Waals surface area contributed by atoms with Crippen LogP contribution >= 0.6 is 11.6 Å². The number of hydrogen-bond acceptors (Lipinski definition) is 2. The minimum absolute atomic E-state index is 0.117. The maximum atomic E-state index is 13.4. The van der Waals surface area contributed by atoms with Gasteiger partial charge in [0, 0.05) is 11.1 Å². The van der Waals surface area contributed by atoms with Gasteiger partial charge in [-0.05, 0) is 30.3 Å². The molecule has 0 aliphatic rings. The zero-order chi connectivity index (χ0) is 13.1. The molecule has 0 heterocycles. The Morgan fingerprint density at radius 3 is 2.56 bits per heavy atom. The van der Waals surface area contributed by atoms with E-state index in [2.05, 4.69) is 0 Å². The fraction of sp³-hybridized carbons (Fsp3) is 0. The van der Waals surface area contributed by atoms with Gasteiger partial charge in [0.25, 0.3) is 0 Å². The maximum Gasteiger partial charge on any atom is 0.166 e. The van der Waals surface area contributed by atoms with Crippen molar-refractivity contribution >= 4 is 11.6 Å². The van der Waals surface area contributed by atoms with Gasteiger partial charge in [0.2, 0.25) is 0 Å². The van der Waals surface area contributed by atoms with E-state index >= 15 is 0 Å². The van der Waals surface area contributed by atoms with E-state index in [1.54, 1.807) is 0 Å². The lowest BCUT2D eigenvalue weighted by atomic mass is 10.2. The van der Waals surface area contributed by atoms with Gasteiger partial charge in [-0.1, -0.05) is 11.6 Å². The third-order valence-corrected chi connectivity index (χ3v) is 2.41. The van der Waals surface area contributed by atoms with Crippen molar-refractivity contribution in [2.75, 3.05) is 0 Å². The molecule has 2 nitrogen and oxygen atoms in total. The predicted molar refractivity (Wildman–Crippen MR) is 62.6 cm³/mol. The highest BCUT2D eigenvalue weighted by Gasteiger charge is 2.10. The molecule has 0 spiro atoms. The fourth-order valence-electron chi connectivity index (χ4n) is 1.35. The van der Waals surface area contributed by atoms with Gasteiger partial charge in [-0.15, -0.1) is 0 Å². The first-order valence-electron chi connectivity index (χ1n) is 4.92. The van der Waals surface area contributed by atoms with Gasteiger partial charge in [-0.3, -0.25) is 0 Å². The number of nitrogens with zero attached hydrogens (tertiary/aromatic N) is 1. The molecular formula is C13H6ClF2NO. The number of nitriles is 1. The van der Waals surface area contributed by atoms with E-state index in [-0.39, 0.29) is 17.1 Å². The van der Waals surface area contributed by atoms with Gasteiger partial charge >= 0.3 is 0 Å². The van der Waals surface area contributed by atoms with Gasteiger partial charge in [0.05, 0.1) is 5.56 Å². The van der Waals surface area contributed by atoms with Crippen LogP contribution in [0.25, 0.3) is 0 Å². The highest BCUT2D eigenvalue weighted by molar-refractivity contribution is 6.30. The maximum absolute atomic E-state index is 13.4. The normalized spacial score (nSPS) is 9.89. The number of rotatable bonds is 2. The SMILES string of the molecule is N#Cc1cc(Cl)ccc1Oc1cc(F)ccc1F. The molecule has 0 atom stereocenters. The lowest BCUT2D eigenvalue weighted by Gasteiger charge is -2.08. The van der Waals surface area contributed by atoms with Crippen molar-refractivity contribution in [1.82, 2.24) is 0 Å². The summed E-state index contributed by atoms with van der Waals surface area (Å²) in [4.78, 5) is 0. The van der Waals surface area contributed by atoms with Gasteiger partial charge in [-0.25, -0.2) is 8.78 Å². The van der Waals surface area contributed by atoms with Crippen molar-refractivity contribution in [3.05, 3.63) is 58.6 Å². The van der Waals surface area contributed by atoms with Crippen molar-refractivity contribution < 1.29 is 13.5 Å². The van der Waals surface area contributed by atoms with Crippen LogP contribution in [0.4, 0.5) is 8.78 Å². The molecule has 0 saturated heterocycles. The molecule has 2 aromatic carbocycles. The van der Waals surface area contributed by atoms with E-state index in [9.17, 15) is 8.78 Å². The van der Waals surface area contributed by atoms with E-state index in [1.165, 1.54) is 18.2 Å². The van der Waals surface area contributed by atoms with Crippen LogP contribution in [-0.4, -0.2) is 0 Å². The highest BCUT2D eigenvalue weighted by atomic mass is 35.5. The average molecular weight is 266 g/mol. The van der Waals surface area contributed by atoms with Gasteiger partial charge < -0.3 is 4.74 Å². The van der Waals surface area contributed by atoms with Gasteiger partial charge in [0.1, 0.15) is 17.6 Å². The summed E-state index contributed by atoms with van der Waals surface area (Å²) in [6, 6.07) is 9.01. The van der Waals surface area contributed by atoms with Crippen molar-refractivity contribution in [1.29, 1.82) is 5.26 Å². The first kappa shape index (κ1) is 12.3. The number of halogens is 3. The van der Waals surface area contributed by atoms with E-state index in [0.29, 0.717) is 5.02 Å². The average Bonchev–Trinajstić information content (AvgIpc) is 2.36. The Balaban J connectivity index is 2.40. The van der Waals surface area contributed by atoms with Crippen LogP contribution in [0.3, 0.4) is 0 Å². The van der Waals surface area contributed by atoms with E-state index in [0.717, 1.165) is 18.2 Å². The van der Waals surface area contributed by atoms with Crippen molar-refractivity contribution in [2.45, 2.75) is 0 Å². The second kappa shape index (κ2) is 5.03. The Bertz CT molecular complexity index is 637. The summed E-state index contributed by atoms with van der Waals surface area (Å²) in [6.45, 7) is 0. The van der Waals surface area contributed by atoms with Crippen molar-refractivity contribution in [2.24, 2.45) is 0 Å². The molecule has 0 saturated carbocycles. The molecule has 2 aromatic rings. The predicted octanol–water partition coefficient (Wildman–Crippen LogP) is 4.28. The van der Waals surface area contributed by atoms with Crippen LogP contribution in [0.2, 0.25) is 5.02 Å². The lowest BCUT2D eigenvalue weighted by molar-refractivity contribution is 0.435. The molecule has 0 radical (unpaired) electrons. The third kappa shape index (κ3) is 2.58. The molecule has 0 fully saturated rings. The number of ether oxygens (including phenoxy) is 1. The van der Waals surface area contributed by atoms with E-state index in [1.807, 2.05) is 6.07 Å². The molecule has 0 unspecified atom stereocenters. The zero-order valence-electron chi connectivity index (χ0n) is 8.95. The smallest absolute Gasteiger partial charge is 0.166 e. The van der Waals surface area contributed by atoms with Crippen molar-refractivity contribution in [3.63, 3.8) is 0 Å². The number of benzene rings is 2. The first-order valence-corrected chi connectivity index (χ1v) is 5.30. The van der Waals surface area contributed by atoms with Crippen LogP contribution < -0.4 is 4.74 Å². The molecule has 0 amide bonds. The molecule has 0 N–H and O–H groups in total. The van der Waals surface area contributed by atoms with E-state index < -0.39 is 11.6 Å². The lowest BCUT2D eigenvalue weighted by Crippen LogP contribution is -1.92. The quantitative estimate of drug-likeness (QED) is 0.812. The first-order chi connectivity index (χ1) is 8.60. The van der Waals surface area contributed by atoms with Crippen LogP contribution in [-0.2, 0) is 0 Å². The van der Waals surface area contributed by atoms with Crippen LogP contribution in [0, 0.1) is 23.0 Å². The molecule has 2 rings (SSSR count). The summed E-state index contributed by atoms with van der Waals surface area (Å²) in [5.41, 5.74) is 0.145. The van der Waals surface area contributed by atoms with Gasteiger partial charge in [-0.2, -0.15) is 5.26 Å². The molecule has 0 aliphatic heterocycles. The highest BCUT2D eigenvalue weighted by Crippen LogP contribution is 2.29. The van der Waals surface area contributed by atoms with Crippen LogP contribution in [0.1, 0.15) is 5.56 Å². The molecule has 90 valence electrons. The molecular weight excluding hydrogens is 260 g/mol. The Labute approximate surface area is 107 Å². The number of hydrogen-bond donors (Lipinski definition) is 0. The summed E-state index contributed by atoms with van der Waals surface area (Å²) in [5.74, 6) is -1.51. The third-order valence-electron chi connectivity index (χ3n) is 2.18. The largest absolute Gasteiger partial charge is 0.453 e. The Hall–Kier alpha value is -2.12. The summed E-state index contributed by atoms with van der Waals surface area (Å²) in [7, 11) is 0. The van der Waals surface area contributed by atoms with Gasteiger partial charge in [0.15, 0.2) is 11.6 Å². The standard InChI is InChI=1S/C13H6ClF2NO/c14-9-1-4-12(8(5-9)7-17)18-13-6-10(15)2-3-11(13)16/h1-6H. The second-order valence-corrected chi connectivity index (χ2v) is 3.87. The Morgan fingerprint density at radius 2 is 1.83 bits per heavy atom. The summed E-state index contributed by atoms with van der Waals surface area (Å²) in [5, 5.41) is 9.25. The van der Waals surface area contributed by atoms with Crippen LogP contribution in [0.15, 0.2) is 36.4 Å². The Morgan fingerprint density at radius 1 is 1.06 bits per heavy atom. The van der Waals surface area contributed by atoms with Crippen LogP contribution in [0.5, 0.6) is 11.5 Å². The second-order valence-electron chi connectivity index (χ2n) is 3.43. The molecule has 0 bridgehead atoms. The zero-order valence-corrected chi connectivity index (χ0v) is 9.71. The van der Waals surface area contributed by atoms with E-state index in [4.69, 9.17) is 21.6 Å². The minimum atomic E-state index is -0.713. The molecule has 18 heavy (non-hydrogen) atoms. The van der Waals surface area contributed by atoms with Crippen molar-refractivity contribution in [3.8, 4) is 17.6 Å².